The van der Waals surface area contributed by atoms with E-state index < -0.39 is 12.2 Å². The lowest BCUT2D eigenvalue weighted by atomic mass is 9.96. The number of aromatic nitrogens is 3. The van der Waals surface area contributed by atoms with Crippen LogP contribution < -0.4 is 10.9 Å². The molecule has 3 atom stereocenters. The molecule has 0 aliphatic carbocycles. The van der Waals surface area contributed by atoms with Crippen molar-refractivity contribution in [3.8, 4) is 11.3 Å². The van der Waals surface area contributed by atoms with Crippen LogP contribution in [0.4, 0.5) is 0 Å². The molecule has 0 radical (unpaired) electrons. The van der Waals surface area contributed by atoms with Crippen LogP contribution in [0.3, 0.4) is 0 Å². The first kappa shape index (κ1) is 20.0. The number of pyridine rings is 1. The lowest BCUT2D eigenvalue weighted by molar-refractivity contribution is 0.0539. The van der Waals surface area contributed by atoms with E-state index in [9.17, 15) is 15.0 Å². The van der Waals surface area contributed by atoms with Gasteiger partial charge in [-0.3, -0.25) is 9.36 Å². The summed E-state index contributed by atoms with van der Waals surface area (Å²) in [4.78, 5) is 21.7. The molecule has 1 saturated heterocycles. The number of aliphatic hydroxyl groups is 2. The Hall–Kier alpha value is -2.32. The minimum atomic E-state index is -0.784. The molecular formula is C21H23ClN4O3. The summed E-state index contributed by atoms with van der Waals surface area (Å²) in [7, 11) is 0. The first-order valence-electron chi connectivity index (χ1n) is 9.73. The second-order valence-electron chi connectivity index (χ2n) is 7.44. The van der Waals surface area contributed by atoms with Gasteiger partial charge in [-0.05, 0) is 50.1 Å². The number of rotatable bonds is 5. The maximum atomic E-state index is 12.9. The van der Waals surface area contributed by atoms with E-state index in [-0.39, 0.29) is 23.7 Å². The molecule has 1 aliphatic heterocycles. The smallest absolute Gasteiger partial charge is 0.279 e. The lowest BCUT2D eigenvalue weighted by Crippen LogP contribution is -2.47. The van der Waals surface area contributed by atoms with Crippen LogP contribution in [0.15, 0.2) is 47.5 Å². The standard InChI is InChI=1S/C21H23ClN4O3/c22-14-4-1-3-13(9-14)16-6-7-17-20(25-16)21(29)26(12-24-17)11-15(27)10-18-19(28)5-2-8-23-18/h1,3-4,6-7,9,12,15,18-19,23,27-28H,2,5,8,10-11H2/t15?,18-,19+/m1/s1. The van der Waals surface area contributed by atoms with Gasteiger partial charge in [-0.1, -0.05) is 23.7 Å². The van der Waals surface area contributed by atoms with Crippen LogP contribution in [-0.2, 0) is 6.54 Å². The Labute approximate surface area is 173 Å². The summed E-state index contributed by atoms with van der Waals surface area (Å²) >= 11 is 6.06. The first-order chi connectivity index (χ1) is 14.0. The molecule has 8 heteroatoms. The molecule has 3 heterocycles. The maximum absolute atomic E-state index is 12.9. The summed E-state index contributed by atoms with van der Waals surface area (Å²) in [6.07, 6.45) is 2.17. The third kappa shape index (κ3) is 4.48. The number of piperidine rings is 1. The molecule has 29 heavy (non-hydrogen) atoms. The van der Waals surface area contributed by atoms with Gasteiger partial charge in [-0.2, -0.15) is 0 Å². The Balaban J connectivity index is 1.58. The van der Waals surface area contributed by atoms with Crippen molar-refractivity contribution in [2.75, 3.05) is 6.54 Å². The third-order valence-corrected chi connectivity index (χ3v) is 5.51. The van der Waals surface area contributed by atoms with Crippen LogP contribution in [0.5, 0.6) is 0 Å². The van der Waals surface area contributed by atoms with Gasteiger partial charge in [-0.25, -0.2) is 9.97 Å². The van der Waals surface area contributed by atoms with Crippen LogP contribution in [-0.4, -0.2) is 49.5 Å². The van der Waals surface area contributed by atoms with Crippen LogP contribution in [0.1, 0.15) is 19.3 Å². The number of aliphatic hydroxyl groups excluding tert-OH is 2. The highest BCUT2D eigenvalue weighted by atomic mass is 35.5. The van der Waals surface area contributed by atoms with Crippen LogP contribution in [0.2, 0.25) is 5.02 Å². The number of nitrogens with zero attached hydrogens (tertiary/aromatic N) is 3. The van der Waals surface area contributed by atoms with Gasteiger partial charge in [0.1, 0.15) is 0 Å². The molecule has 1 fully saturated rings. The molecule has 3 aromatic rings. The van der Waals surface area contributed by atoms with Gasteiger partial charge >= 0.3 is 0 Å². The first-order valence-corrected chi connectivity index (χ1v) is 10.1. The van der Waals surface area contributed by atoms with Crippen molar-refractivity contribution in [1.82, 2.24) is 19.9 Å². The molecule has 1 aromatic carbocycles. The fraction of sp³-hybridized carbons (Fsp3) is 0.381. The van der Waals surface area contributed by atoms with Crippen LogP contribution in [0.25, 0.3) is 22.3 Å². The van der Waals surface area contributed by atoms with E-state index in [1.165, 1.54) is 10.9 Å². The molecule has 7 nitrogen and oxygen atoms in total. The van der Waals surface area contributed by atoms with Crippen molar-refractivity contribution in [3.63, 3.8) is 0 Å². The maximum Gasteiger partial charge on any atom is 0.279 e. The quantitative estimate of drug-likeness (QED) is 0.590. The molecular weight excluding hydrogens is 392 g/mol. The van der Waals surface area contributed by atoms with Crippen molar-refractivity contribution >= 4 is 22.6 Å². The number of hydrogen-bond donors (Lipinski definition) is 3. The summed E-state index contributed by atoms with van der Waals surface area (Å²) in [6, 6.07) is 10.7. The van der Waals surface area contributed by atoms with Gasteiger partial charge in [0.05, 0.1) is 36.3 Å². The predicted octanol–water partition coefficient (Wildman–Crippen LogP) is 1.98. The molecule has 152 valence electrons. The fourth-order valence-corrected chi connectivity index (χ4v) is 3.93. The molecule has 0 saturated carbocycles. The van der Waals surface area contributed by atoms with Crippen molar-refractivity contribution in [1.29, 1.82) is 0 Å². The highest BCUT2D eigenvalue weighted by molar-refractivity contribution is 6.30. The second kappa shape index (κ2) is 8.59. The average Bonchev–Trinajstić information content (AvgIpc) is 2.72. The van der Waals surface area contributed by atoms with Gasteiger partial charge in [0, 0.05) is 16.6 Å². The van der Waals surface area contributed by atoms with E-state index in [1.54, 1.807) is 24.3 Å². The van der Waals surface area contributed by atoms with Gasteiger partial charge in [0.2, 0.25) is 0 Å². The molecule has 0 spiro atoms. The normalized spacial score (nSPS) is 20.7. The number of nitrogens with one attached hydrogen (secondary N) is 1. The van der Waals surface area contributed by atoms with E-state index >= 15 is 0 Å². The van der Waals surface area contributed by atoms with Crippen molar-refractivity contribution in [3.05, 3.63) is 58.1 Å². The van der Waals surface area contributed by atoms with E-state index in [2.05, 4.69) is 15.3 Å². The Morgan fingerprint density at radius 2 is 2.17 bits per heavy atom. The van der Waals surface area contributed by atoms with Crippen molar-refractivity contribution in [2.24, 2.45) is 0 Å². The molecule has 1 unspecified atom stereocenters. The van der Waals surface area contributed by atoms with Crippen LogP contribution >= 0.6 is 11.6 Å². The van der Waals surface area contributed by atoms with Crippen LogP contribution in [0, 0.1) is 0 Å². The predicted molar refractivity (Wildman–Crippen MR) is 112 cm³/mol. The Morgan fingerprint density at radius 3 is 2.97 bits per heavy atom. The molecule has 3 N–H and O–H groups in total. The number of benzene rings is 1. The van der Waals surface area contributed by atoms with E-state index in [4.69, 9.17) is 11.6 Å². The number of fused-ring (bicyclic) bond motifs is 1. The minimum absolute atomic E-state index is 0.0930. The topological polar surface area (TPSA) is 100 Å². The summed E-state index contributed by atoms with van der Waals surface area (Å²) in [5.41, 5.74) is 1.87. The molecule has 1 aliphatic rings. The molecule has 0 bridgehead atoms. The number of hydrogen-bond acceptors (Lipinski definition) is 6. The molecule has 2 aromatic heterocycles. The van der Waals surface area contributed by atoms with E-state index in [0.717, 1.165) is 24.9 Å². The zero-order chi connectivity index (χ0) is 20.4. The monoisotopic (exact) mass is 414 g/mol. The Kier molecular flexibility index (Phi) is 5.91. The lowest BCUT2D eigenvalue weighted by Gasteiger charge is -2.30. The average molecular weight is 415 g/mol. The highest BCUT2D eigenvalue weighted by Crippen LogP contribution is 2.22. The largest absolute Gasteiger partial charge is 0.392 e. The van der Waals surface area contributed by atoms with Gasteiger partial charge in [-0.15, -0.1) is 0 Å². The van der Waals surface area contributed by atoms with Crippen molar-refractivity contribution < 1.29 is 10.2 Å². The Bertz CT molecular complexity index is 1070. The summed E-state index contributed by atoms with van der Waals surface area (Å²) in [6.45, 7) is 0.915. The summed E-state index contributed by atoms with van der Waals surface area (Å²) in [5.74, 6) is 0. The van der Waals surface area contributed by atoms with Gasteiger partial charge in [0.25, 0.3) is 5.56 Å². The fourth-order valence-electron chi connectivity index (χ4n) is 3.74. The molecule has 0 amide bonds. The van der Waals surface area contributed by atoms with Gasteiger partial charge in [0.15, 0.2) is 5.52 Å². The molecule has 4 rings (SSSR count). The zero-order valence-corrected chi connectivity index (χ0v) is 16.6. The zero-order valence-electron chi connectivity index (χ0n) is 15.8. The summed E-state index contributed by atoms with van der Waals surface area (Å²) < 4.78 is 1.37. The summed E-state index contributed by atoms with van der Waals surface area (Å²) in [5, 5.41) is 24.3. The van der Waals surface area contributed by atoms with E-state index in [0.29, 0.717) is 22.7 Å². The minimum Gasteiger partial charge on any atom is -0.392 e. The number of halogens is 1. The second-order valence-corrected chi connectivity index (χ2v) is 7.87. The highest BCUT2D eigenvalue weighted by Gasteiger charge is 2.25. The van der Waals surface area contributed by atoms with Crippen molar-refractivity contribution in [2.45, 2.75) is 44.1 Å². The van der Waals surface area contributed by atoms with E-state index in [1.807, 2.05) is 12.1 Å². The third-order valence-electron chi connectivity index (χ3n) is 5.28. The Morgan fingerprint density at radius 1 is 1.31 bits per heavy atom. The SMILES string of the molecule is O=c1c2nc(-c3cccc(Cl)c3)ccc2ncn1CC(O)C[C@H]1NCCC[C@@H]1O. The van der Waals surface area contributed by atoms with Gasteiger partial charge < -0.3 is 15.5 Å².